The van der Waals surface area contributed by atoms with Gasteiger partial charge in [0.05, 0.1) is 11.5 Å². The number of amides is 2. The monoisotopic (exact) mass is 490 g/mol. The molecule has 4 unspecified atom stereocenters. The quantitative estimate of drug-likeness (QED) is 0.398. The number of rotatable bonds is 12. The summed E-state index contributed by atoms with van der Waals surface area (Å²) in [6, 6.07) is 19.9. The molecular formula is C31H42N2O3. The Morgan fingerprint density at radius 2 is 1.36 bits per heavy atom. The molecule has 2 aromatic carbocycles. The predicted molar refractivity (Wildman–Crippen MR) is 143 cm³/mol. The molecule has 4 rings (SSSR count). The van der Waals surface area contributed by atoms with Crippen molar-refractivity contribution in [3.63, 3.8) is 0 Å². The minimum absolute atomic E-state index is 0.136. The molecule has 0 bridgehead atoms. The van der Waals surface area contributed by atoms with Gasteiger partial charge >= 0.3 is 0 Å². The Balaban J connectivity index is 1.72. The Morgan fingerprint density at radius 1 is 0.833 bits per heavy atom. The SMILES string of the molecule is NC(=O)C(Cc1ccccc1)CC(O)C(C1CCCC1)C(Cc1ccccc1)(C(N)=O)C1CCCC1. The van der Waals surface area contributed by atoms with E-state index in [4.69, 9.17) is 11.5 Å². The summed E-state index contributed by atoms with van der Waals surface area (Å²) in [6.45, 7) is 0. The van der Waals surface area contributed by atoms with Crippen LogP contribution in [0, 0.1) is 29.1 Å². The lowest BCUT2D eigenvalue weighted by Gasteiger charge is -2.48. The van der Waals surface area contributed by atoms with Crippen LogP contribution in [0.25, 0.3) is 0 Å². The van der Waals surface area contributed by atoms with Crippen molar-refractivity contribution in [1.29, 1.82) is 0 Å². The minimum Gasteiger partial charge on any atom is -0.393 e. The second kappa shape index (κ2) is 12.1. The fraction of sp³-hybridized carbons (Fsp3) is 0.548. The van der Waals surface area contributed by atoms with Gasteiger partial charge in [0, 0.05) is 11.8 Å². The van der Waals surface area contributed by atoms with Crippen LogP contribution in [-0.2, 0) is 22.4 Å². The molecular weight excluding hydrogens is 448 g/mol. The number of carbonyl (C=O) groups is 2. The van der Waals surface area contributed by atoms with Crippen molar-refractivity contribution in [3.05, 3.63) is 71.8 Å². The summed E-state index contributed by atoms with van der Waals surface area (Å²) in [6.07, 6.45) is 8.68. The number of aliphatic hydroxyl groups is 1. The van der Waals surface area contributed by atoms with Gasteiger partial charge in [-0.1, -0.05) is 99.2 Å². The highest BCUT2D eigenvalue weighted by atomic mass is 16.3. The molecule has 2 aliphatic carbocycles. The number of hydrogen-bond donors (Lipinski definition) is 3. The van der Waals surface area contributed by atoms with Crippen molar-refractivity contribution in [2.24, 2.45) is 40.6 Å². The van der Waals surface area contributed by atoms with Crippen molar-refractivity contribution in [1.82, 2.24) is 0 Å². The molecule has 0 spiro atoms. The van der Waals surface area contributed by atoms with Gasteiger partial charge in [0.1, 0.15) is 0 Å². The molecule has 0 radical (unpaired) electrons. The molecule has 2 aliphatic rings. The second-order valence-corrected chi connectivity index (χ2v) is 11.2. The van der Waals surface area contributed by atoms with Crippen molar-refractivity contribution in [2.75, 3.05) is 0 Å². The van der Waals surface area contributed by atoms with Gasteiger partial charge in [-0.3, -0.25) is 9.59 Å². The molecule has 0 saturated heterocycles. The zero-order valence-corrected chi connectivity index (χ0v) is 21.4. The third kappa shape index (κ3) is 5.83. The van der Waals surface area contributed by atoms with Crippen LogP contribution in [0.15, 0.2) is 60.7 Å². The van der Waals surface area contributed by atoms with Crippen LogP contribution < -0.4 is 11.5 Å². The first-order valence-electron chi connectivity index (χ1n) is 13.8. The molecule has 4 atom stereocenters. The normalized spacial score (nSPS) is 21.0. The molecule has 5 N–H and O–H groups in total. The molecule has 2 saturated carbocycles. The van der Waals surface area contributed by atoms with Gasteiger partial charge in [0.25, 0.3) is 0 Å². The van der Waals surface area contributed by atoms with Crippen LogP contribution in [-0.4, -0.2) is 23.0 Å². The van der Waals surface area contributed by atoms with Crippen molar-refractivity contribution >= 4 is 11.8 Å². The molecule has 0 aliphatic heterocycles. The average molecular weight is 491 g/mol. The fourth-order valence-corrected chi connectivity index (χ4v) is 7.39. The molecule has 0 aromatic heterocycles. The van der Waals surface area contributed by atoms with E-state index in [1.54, 1.807) is 0 Å². The van der Waals surface area contributed by atoms with Crippen LogP contribution in [0.2, 0.25) is 0 Å². The molecule has 0 heterocycles. The standard InChI is InChI=1S/C31H42N2O3/c32-29(35)25(19-22-11-3-1-4-12-22)20-27(34)28(24-15-7-8-16-24)31(30(33)36,26-17-9-10-18-26)21-23-13-5-2-6-14-23/h1-6,11-14,24-28,34H,7-10,15-21H2,(H2,32,35)(H2,33,36). The number of carbonyl (C=O) groups excluding carboxylic acids is 2. The van der Waals surface area contributed by atoms with Gasteiger partial charge in [-0.25, -0.2) is 0 Å². The minimum atomic E-state index is -0.846. The maximum Gasteiger partial charge on any atom is 0.224 e. The van der Waals surface area contributed by atoms with Gasteiger partial charge in [0.15, 0.2) is 0 Å². The topological polar surface area (TPSA) is 106 Å². The summed E-state index contributed by atoms with van der Waals surface area (Å²) in [5.41, 5.74) is 13.5. The lowest BCUT2D eigenvalue weighted by atomic mass is 9.56. The summed E-state index contributed by atoms with van der Waals surface area (Å²) in [7, 11) is 0. The van der Waals surface area contributed by atoms with E-state index in [2.05, 4.69) is 12.1 Å². The highest BCUT2D eigenvalue weighted by molar-refractivity contribution is 5.82. The van der Waals surface area contributed by atoms with Crippen LogP contribution in [0.5, 0.6) is 0 Å². The highest BCUT2D eigenvalue weighted by Gasteiger charge is 2.55. The maximum atomic E-state index is 13.6. The summed E-state index contributed by atoms with van der Waals surface area (Å²) >= 11 is 0. The molecule has 2 aromatic rings. The Hall–Kier alpha value is -2.66. The molecule has 5 heteroatoms. The number of aliphatic hydroxyl groups excluding tert-OH is 1. The highest BCUT2D eigenvalue weighted by Crippen LogP contribution is 2.54. The predicted octanol–water partition coefficient (Wildman–Crippen LogP) is 4.79. The first kappa shape index (κ1) is 26.4. The van der Waals surface area contributed by atoms with E-state index in [-0.39, 0.29) is 30.1 Å². The number of benzene rings is 2. The summed E-state index contributed by atoms with van der Waals surface area (Å²) < 4.78 is 0. The van der Waals surface area contributed by atoms with Gasteiger partial charge in [-0.05, 0) is 55.1 Å². The van der Waals surface area contributed by atoms with Crippen molar-refractivity contribution < 1.29 is 14.7 Å². The Kier molecular flexibility index (Phi) is 8.84. The molecule has 36 heavy (non-hydrogen) atoms. The Morgan fingerprint density at radius 3 is 1.89 bits per heavy atom. The third-order valence-corrected chi connectivity index (χ3v) is 9.05. The molecule has 194 valence electrons. The molecule has 2 fully saturated rings. The Labute approximate surface area is 215 Å². The zero-order chi connectivity index (χ0) is 25.5. The van der Waals surface area contributed by atoms with Crippen LogP contribution in [0.4, 0.5) is 0 Å². The van der Waals surface area contributed by atoms with E-state index in [1.165, 1.54) is 0 Å². The lowest BCUT2D eigenvalue weighted by molar-refractivity contribution is -0.145. The molecule has 2 amide bonds. The van der Waals surface area contributed by atoms with E-state index >= 15 is 0 Å². The number of primary amides is 2. The van der Waals surface area contributed by atoms with E-state index < -0.39 is 23.3 Å². The smallest absolute Gasteiger partial charge is 0.224 e. The first-order valence-corrected chi connectivity index (χ1v) is 13.8. The fourth-order valence-electron chi connectivity index (χ4n) is 7.39. The van der Waals surface area contributed by atoms with Crippen molar-refractivity contribution in [2.45, 2.75) is 76.7 Å². The van der Waals surface area contributed by atoms with Crippen LogP contribution in [0.3, 0.4) is 0 Å². The van der Waals surface area contributed by atoms with Gasteiger partial charge in [0.2, 0.25) is 11.8 Å². The largest absolute Gasteiger partial charge is 0.393 e. The second-order valence-electron chi connectivity index (χ2n) is 11.2. The number of hydrogen-bond acceptors (Lipinski definition) is 3. The van der Waals surface area contributed by atoms with Gasteiger partial charge < -0.3 is 16.6 Å². The van der Waals surface area contributed by atoms with E-state index in [0.717, 1.165) is 62.5 Å². The first-order chi connectivity index (χ1) is 17.4. The molecule has 5 nitrogen and oxygen atoms in total. The number of nitrogens with two attached hydrogens (primary N) is 2. The van der Waals surface area contributed by atoms with Crippen LogP contribution >= 0.6 is 0 Å². The summed E-state index contributed by atoms with van der Waals surface area (Å²) in [5, 5.41) is 12.0. The lowest BCUT2D eigenvalue weighted by Crippen LogP contribution is -2.56. The third-order valence-electron chi connectivity index (χ3n) is 9.05. The van der Waals surface area contributed by atoms with Crippen LogP contribution in [0.1, 0.15) is 68.9 Å². The Bertz CT molecular complexity index is 983. The maximum absolute atomic E-state index is 13.6. The van der Waals surface area contributed by atoms with Gasteiger partial charge in [-0.15, -0.1) is 0 Å². The van der Waals surface area contributed by atoms with Gasteiger partial charge in [-0.2, -0.15) is 0 Å². The summed E-state index contributed by atoms with van der Waals surface area (Å²) in [4.78, 5) is 26.2. The van der Waals surface area contributed by atoms with E-state index in [9.17, 15) is 14.7 Å². The van der Waals surface area contributed by atoms with E-state index in [0.29, 0.717) is 12.8 Å². The average Bonchev–Trinajstić information content (AvgIpc) is 3.59. The summed E-state index contributed by atoms with van der Waals surface area (Å²) in [5.74, 6) is -1.15. The zero-order valence-electron chi connectivity index (χ0n) is 21.4. The van der Waals surface area contributed by atoms with E-state index in [1.807, 2.05) is 48.5 Å². The van der Waals surface area contributed by atoms with Crippen molar-refractivity contribution in [3.8, 4) is 0 Å².